The van der Waals surface area contributed by atoms with Crippen LogP contribution in [0.2, 0.25) is 0 Å². The normalized spacial score (nSPS) is 10.0. The summed E-state index contributed by atoms with van der Waals surface area (Å²) in [7, 11) is 0. The zero-order chi connectivity index (χ0) is 8.39. The summed E-state index contributed by atoms with van der Waals surface area (Å²) in [5.41, 5.74) is 0.898. The van der Waals surface area contributed by atoms with Gasteiger partial charge in [0.15, 0.2) is 0 Å². The van der Waals surface area contributed by atoms with E-state index >= 15 is 0 Å². The molecule has 0 aliphatic carbocycles. The van der Waals surface area contributed by atoms with Crippen LogP contribution in [0.4, 0.5) is 5.95 Å². The van der Waals surface area contributed by atoms with Crippen molar-refractivity contribution < 1.29 is 0 Å². The molecule has 1 aromatic heterocycles. The largest absolute Gasteiger partial charge is 0.249 e. The number of fused-ring (bicyclic) bond motifs is 1. The van der Waals surface area contributed by atoms with Gasteiger partial charge >= 0.3 is 0 Å². The molecule has 2 rings (SSSR count). The summed E-state index contributed by atoms with van der Waals surface area (Å²) in [6.45, 7) is 3.36. The lowest BCUT2D eigenvalue weighted by Crippen LogP contribution is -1.81. The minimum Gasteiger partial charge on any atom is -0.228 e. The third-order valence-corrected chi connectivity index (χ3v) is 1.62. The number of hydrogen-bond donors (Lipinski definition) is 0. The summed E-state index contributed by atoms with van der Waals surface area (Å²) >= 11 is 0. The summed E-state index contributed by atoms with van der Waals surface area (Å²) in [6.07, 6.45) is 1.74. The van der Waals surface area contributed by atoms with Gasteiger partial charge in [0.1, 0.15) is 0 Å². The van der Waals surface area contributed by atoms with Gasteiger partial charge < -0.3 is 0 Å². The first-order valence-corrected chi connectivity index (χ1v) is 3.58. The third kappa shape index (κ3) is 1.05. The average Bonchev–Trinajstić information content (AvgIpc) is 2.17. The minimum absolute atomic E-state index is 0.425. The highest BCUT2D eigenvalue weighted by Crippen LogP contribution is 2.12. The highest BCUT2D eigenvalue weighted by atomic mass is 15.0. The van der Waals surface area contributed by atoms with Crippen LogP contribution in [-0.4, -0.2) is 16.7 Å². The molecule has 58 valence electrons. The maximum atomic E-state index is 4.15. The zero-order valence-corrected chi connectivity index (χ0v) is 6.44. The minimum atomic E-state index is 0.425. The summed E-state index contributed by atoms with van der Waals surface area (Å²) in [4.78, 5) is 11.8. The van der Waals surface area contributed by atoms with Gasteiger partial charge in [-0.05, 0) is 12.8 Å². The van der Waals surface area contributed by atoms with Crippen molar-refractivity contribution >= 4 is 23.6 Å². The monoisotopic (exact) mass is 157 g/mol. The Labute approximate surface area is 69.8 Å². The van der Waals surface area contributed by atoms with E-state index in [-0.39, 0.29) is 0 Å². The van der Waals surface area contributed by atoms with Gasteiger partial charge in [0.25, 0.3) is 0 Å². The predicted molar refractivity (Wildman–Crippen MR) is 48.7 cm³/mol. The highest BCUT2D eigenvalue weighted by molar-refractivity contribution is 5.78. The maximum absolute atomic E-state index is 4.15. The fraction of sp³-hybridized carbons (Fsp3) is 0. The SMILES string of the molecule is C=Nc1ncc2ccccc2n1. The molecule has 1 aromatic carbocycles. The summed E-state index contributed by atoms with van der Waals surface area (Å²) in [6, 6.07) is 7.77. The van der Waals surface area contributed by atoms with Gasteiger partial charge in [-0.1, -0.05) is 18.2 Å². The third-order valence-electron chi connectivity index (χ3n) is 1.62. The second-order valence-corrected chi connectivity index (χ2v) is 2.39. The molecular weight excluding hydrogens is 150 g/mol. The summed E-state index contributed by atoms with van der Waals surface area (Å²) in [5.74, 6) is 0.425. The van der Waals surface area contributed by atoms with E-state index < -0.39 is 0 Å². The van der Waals surface area contributed by atoms with Crippen LogP contribution in [0.5, 0.6) is 0 Å². The quantitative estimate of drug-likeness (QED) is 0.593. The zero-order valence-electron chi connectivity index (χ0n) is 6.44. The van der Waals surface area contributed by atoms with E-state index in [0.717, 1.165) is 10.9 Å². The van der Waals surface area contributed by atoms with Crippen molar-refractivity contribution in [1.82, 2.24) is 9.97 Å². The van der Waals surface area contributed by atoms with Crippen molar-refractivity contribution in [3.8, 4) is 0 Å². The van der Waals surface area contributed by atoms with Crippen molar-refractivity contribution in [2.24, 2.45) is 4.99 Å². The molecule has 3 nitrogen and oxygen atoms in total. The van der Waals surface area contributed by atoms with Crippen LogP contribution in [0.25, 0.3) is 10.9 Å². The molecule has 0 N–H and O–H groups in total. The van der Waals surface area contributed by atoms with Gasteiger partial charge in [0.2, 0.25) is 5.95 Å². The summed E-state index contributed by atoms with van der Waals surface area (Å²) in [5, 5.41) is 1.02. The molecule has 0 aliphatic rings. The van der Waals surface area contributed by atoms with E-state index in [1.807, 2.05) is 24.3 Å². The lowest BCUT2D eigenvalue weighted by atomic mass is 10.2. The molecule has 12 heavy (non-hydrogen) atoms. The van der Waals surface area contributed by atoms with Gasteiger partial charge in [-0.3, -0.25) is 0 Å². The van der Waals surface area contributed by atoms with E-state index in [1.165, 1.54) is 0 Å². The topological polar surface area (TPSA) is 38.1 Å². The van der Waals surface area contributed by atoms with Gasteiger partial charge in [-0.15, -0.1) is 0 Å². The lowest BCUT2D eigenvalue weighted by Gasteiger charge is -1.95. The number of aliphatic imine (C=N–C) groups is 1. The molecule has 0 spiro atoms. The molecule has 3 heteroatoms. The fourth-order valence-electron chi connectivity index (χ4n) is 1.04. The fourth-order valence-corrected chi connectivity index (χ4v) is 1.04. The van der Waals surface area contributed by atoms with E-state index in [9.17, 15) is 0 Å². The number of nitrogens with zero attached hydrogens (tertiary/aromatic N) is 3. The first kappa shape index (κ1) is 6.91. The molecule has 0 fully saturated rings. The number of para-hydroxylation sites is 1. The molecule has 0 radical (unpaired) electrons. The van der Waals surface area contributed by atoms with Gasteiger partial charge in [0.05, 0.1) is 5.52 Å². The molecule has 0 aliphatic heterocycles. The Hall–Kier alpha value is -1.77. The van der Waals surface area contributed by atoms with Crippen molar-refractivity contribution in [2.45, 2.75) is 0 Å². The van der Waals surface area contributed by atoms with Crippen LogP contribution in [0.1, 0.15) is 0 Å². The predicted octanol–water partition coefficient (Wildman–Crippen LogP) is 1.96. The second-order valence-electron chi connectivity index (χ2n) is 2.39. The van der Waals surface area contributed by atoms with Gasteiger partial charge in [-0.25, -0.2) is 15.0 Å². The number of aromatic nitrogens is 2. The first-order valence-electron chi connectivity index (χ1n) is 3.58. The van der Waals surface area contributed by atoms with Crippen molar-refractivity contribution in [3.63, 3.8) is 0 Å². The Morgan fingerprint density at radius 1 is 1.25 bits per heavy atom. The lowest BCUT2D eigenvalue weighted by molar-refractivity contribution is 1.19. The molecule has 2 aromatic rings. The van der Waals surface area contributed by atoms with Gasteiger partial charge in [0, 0.05) is 11.6 Å². The van der Waals surface area contributed by atoms with Crippen molar-refractivity contribution in [2.75, 3.05) is 0 Å². The maximum Gasteiger partial charge on any atom is 0.249 e. The Morgan fingerprint density at radius 3 is 2.92 bits per heavy atom. The first-order chi connectivity index (χ1) is 5.90. The van der Waals surface area contributed by atoms with Crippen LogP contribution in [0.3, 0.4) is 0 Å². The smallest absolute Gasteiger partial charge is 0.228 e. The molecule has 0 amide bonds. The molecule has 0 saturated heterocycles. The molecule has 1 heterocycles. The average molecular weight is 157 g/mol. The second kappa shape index (κ2) is 2.70. The number of hydrogen-bond acceptors (Lipinski definition) is 3. The molecular formula is C9H7N3. The number of benzene rings is 1. The summed E-state index contributed by atoms with van der Waals surface area (Å²) < 4.78 is 0. The Balaban J connectivity index is 2.75. The van der Waals surface area contributed by atoms with E-state index in [1.54, 1.807) is 6.20 Å². The van der Waals surface area contributed by atoms with E-state index in [4.69, 9.17) is 0 Å². The Morgan fingerprint density at radius 2 is 2.08 bits per heavy atom. The van der Waals surface area contributed by atoms with Crippen LogP contribution < -0.4 is 0 Å². The van der Waals surface area contributed by atoms with Crippen LogP contribution in [0.15, 0.2) is 35.5 Å². The standard InChI is InChI=1S/C9H7N3/c1-10-9-11-6-7-4-2-3-5-8(7)12-9/h2-6H,1H2. The molecule has 0 saturated carbocycles. The van der Waals surface area contributed by atoms with E-state index in [0.29, 0.717) is 5.95 Å². The highest BCUT2D eigenvalue weighted by Gasteiger charge is 1.94. The van der Waals surface area contributed by atoms with E-state index in [2.05, 4.69) is 21.7 Å². The number of rotatable bonds is 1. The molecule has 0 unspecified atom stereocenters. The molecule has 0 atom stereocenters. The van der Waals surface area contributed by atoms with Crippen molar-refractivity contribution in [1.29, 1.82) is 0 Å². The van der Waals surface area contributed by atoms with Crippen LogP contribution in [0, 0.1) is 0 Å². The Bertz CT molecular complexity index is 423. The Kier molecular flexibility index (Phi) is 1.55. The van der Waals surface area contributed by atoms with Gasteiger partial charge in [-0.2, -0.15) is 0 Å². The van der Waals surface area contributed by atoms with Crippen LogP contribution in [-0.2, 0) is 0 Å². The molecule has 0 bridgehead atoms. The van der Waals surface area contributed by atoms with Crippen molar-refractivity contribution in [3.05, 3.63) is 30.5 Å². The van der Waals surface area contributed by atoms with Crippen LogP contribution >= 0.6 is 0 Å².